The molecule has 2 unspecified atom stereocenters. The Bertz CT molecular complexity index is 160. The van der Waals surface area contributed by atoms with E-state index in [-0.39, 0.29) is 13.4 Å². The van der Waals surface area contributed by atoms with Crippen molar-refractivity contribution in [2.45, 2.75) is 24.3 Å². The molecule has 6 nitrogen and oxygen atoms in total. The van der Waals surface area contributed by atoms with E-state index in [0.29, 0.717) is 0 Å². The van der Waals surface area contributed by atoms with Gasteiger partial charge in [-0.1, -0.05) is 0 Å². The lowest BCUT2D eigenvalue weighted by atomic mass is 9.93. The van der Waals surface area contributed by atoms with Crippen LogP contribution in [0.1, 0.15) is 0 Å². The molecule has 7 heteroatoms. The molecular weight excluding hydrogens is 177 g/mol. The summed E-state index contributed by atoms with van der Waals surface area (Å²) in [5, 5.41) is 18.2. The summed E-state index contributed by atoms with van der Waals surface area (Å²) in [5.74, 6) is 4.73. The van der Waals surface area contributed by atoms with Crippen molar-refractivity contribution in [3.05, 3.63) is 0 Å². The average molecular weight is 189 g/mol. The molecule has 0 amide bonds. The lowest BCUT2D eigenvalue weighted by Gasteiger charge is -2.17. The Labute approximate surface area is 76.9 Å². The molecule has 1 aliphatic rings. The Kier molecular flexibility index (Phi) is 4.11. The zero-order valence-corrected chi connectivity index (χ0v) is 7.00. The Morgan fingerprint density at radius 2 is 2.23 bits per heavy atom. The van der Waals surface area contributed by atoms with Gasteiger partial charge in [0.2, 0.25) is 0 Å². The van der Waals surface area contributed by atoms with Crippen LogP contribution in [0, 0.1) is 0 Å². The maximum Gasteiger partial charge on any atom is 0.167 e. The summed E-state index contributed by atoms with van der Waals surface area (Å²) < 4.78 is 9.94. The van der Waals surface area contributed by atoms with Crippen molar-refractivity contribution >= 4 is 7.85 Å². The van der Waals surface area contributed by atoms with Crippen molar-refractivity contribution in [3.8, 4) is 0 Å². The van der Waals surface area contributed by atoms with Crippen LogP contribution < -0.4 is 5.90 Å². The van der Waals surface area contributed by atoms with Crippen LogP contribution >= 0.6 is 0 Å². The molecule has 0 aromatic rings. The third kappa shape index (κ3) is 2.40. The maximum atomic E-state index is 9.46. The third-order valence-electron chi connectivity index (χ3n) is 1.88. The quantitative estimate of drug-likeness (QED) is 0.256. The molecular formula is C6H12BNO5. The molecule has 0 aromatic carbocycles. The van der Waals surface area contributed by atoms with Gasteiger partial charge in [-0.25, -0.2) is 5.90 Å². The minimum absolute atomic E-state index is 0.184. The van der Waals surface area contributed by atoms with Gasteiger partial charge in [0.25, 0.3) is 0 Å². The van der Waals surface area contributed by atoms with Crippen molar-refractivity contribution in [2.24, 2.45) is 5.90 Å². The van der Waals surface area contributed by atoms with Crippen molar-refractivity contribution in [1.82, 2.24) is 0 Å². The normalized spacial score (nSPS) is 39.6. The minimum Gasteiger partial charge on any atom is -0.394 e. The van der Waals surface area contributed by atoms with E-state index in [4.69, 9.17) is 28.3 Å². The van der Waals surface area contributed by atoms with Gasteiger partial charge >= 0.3 is 0 Å². The van der Waals surface area contributed by atoms with E-state index in [1.54, 1.807) is 0 Å². The fourth-order valence-corrected chi connectivity index (χ4v) is 1.23. The Balaban J connectivity index is 2.44. The molecule has 0 bridgehead atoms. The van der Waals surface area contributed by atoms with Crippen molar-refractivity contribution in [3.63, 3.8) is 0 Å². The zero-order chi connectivity index (χ0) is 9.84. The summed E-state index contributed by atoms with van der Waals surface area (Å²) in [5.41, 5.74) is 0. The van der Waals surface area contributed by atoms with Crippen LogP contribution in [0.5, 0.6) is 0 Å². The molecule has 1 aliphatic heterocycles. The molecule has 1 heterocycles. The predicted molar refractivity (Wildman–Crippen MR) is 42.5 cm³/mol. The van der Waals surface area contributed by atoms with Crippen LogP contribution in [0.3, 0.4) is 0 Å². The fraction of sp³-hybridized carbons (Fsp3) is 1.00. The number of rotatable bonds is 4. The second kappa shape index (κ2) is 4.89. The SMILES string of the molecule is [B][C@@H]1O[C@H](CO)C(O)C1OCON. The van der Waals surface area contributed by atoms with Gasteiger partial charge in [-0.2, -0.15) is 0 Å². The molecule has 1 rings (SSSR count). The number of hydrogen-bond acceptors (Lipinski definition) is 6. The number of ether oxygens (including phenoxy) is 2. The Morgan fingerprint density at radius 1 is 1.54 bits per heavy atom. The van der Waals surface area contributed by atoms with Crippen LogP contribution in [0.25, 0.3) is 0 Å². The van der Waals surface area contributed by atoms with Crippen LogP contribution in [-0.2, 0) is 14.3 Å². The van der Waals surface area contributed by atoms with Crippen LogP contribution in [0.15, 0.2) is 0 Å². The van der Waals surface area contributed by atoms with Crippen molar-refractivity contribution < 1.29 is 24.5 Å². The highest BCUT2D eigenvalue weighted by Crippen LogP contribution is 2.21. The standard InChI is InChI=1S/C6H12BNO5/c7-6-5(11-2-12-8)4(10)3(1-9)13-6/h3-6,9-10H,1-2,8H2/t3-,4?,5?,6-/m1/s1. The smallest absolute Gasteiger partial charge is 0.167 e. The minimum atomic E-state index is -0.963. The lowest BCUT2D eigenvalue weighted by Crippen LogP contribution is -2.37. The van der Waals surface area contributed by atoms with Gasteiger partial charge in [0.15, 0.2) is 6.79 Å². The van der Waals surface area contributed by atoms with Crippen molar-refractivity contribution in [2.75, 3.05) is 13.4 Å². The van der Waals surface area contributed by atoms with E-state index in [2.05, 4.69) is 4.84 Å². The van der Waals surface area contributed by atoms with E-state index in [1.165, 1.54) is 0 Å². The summed E-state index contributed by atoms with van der Waals surface area (Å²) in [6.45, 7) is -0.491. The summed E-state index contributed by atoms with van der Waals surface area (Å²) in [6.07, 6.45) is -2.39. The summed E-state index contributed by atoms with van der Waals surface area (Å²) >= 11 is 0. The van der Waals surface area contributed by atoms with Crippen LogP contribution in [0.2, 0.25) is 0 Å². The van der Waals surface area contributed by atoms with E-state index < -0.39 is 24.3 Å². The second-order valence-electron chi connectivity index (χ2n) is 2.73. The molecule has 0 aromatic heterocycles. The molecule has 0 spiro atoms. The molecule has 13 heavy (non-hydrogen) atoms. The first-order valence-electron chi connectivity index (χ1n) is 3.84. The molecule has 1 fully saturated rings. The van der Waals surface area contributed by atoms with Gasteiger partial charge in [0.1, 0.15) is 26.2 Å². The van der Waals surface area contributed by atoms with Gasteiger partial charge in [-0.15, -0.1) is 0 Å². The highest BCUT2D eigenvalue weighted by Gasteiger charge is 2.41. The highest BCUT2D eigenvalue weighted by atomic mass is 16.7. The molecule has 0 saturated carbocycles. The number of hydrogen-bond donors (Lipinski definition) is 3. The molecule has 0 aliphatic carbocycles. The van der Waals surface area contributed by atoms with Crippen LogP contribution in [0.4, 0.5) is 0 Å². The molecule has 74 valence electrons. The Morgan fingerprint density at radius 3 is 2.69 bits per heavy atom. The topological polar surface area (TPSA) is 94.2 Å². The van der Waals surface area contributed by atoms with E-state index >= 15 is 0 Å². The molecule has 4 N–H and O–H groups in total. The van der Waals surface area contributed by atoms with Gasteiger partial charge in [0.05, 0.1) is 6.61 Å². The second-order valence-corrected chi connectivity index (χ2v) is 2.73. The summed E-state index contributed by atoms with van der Waals surface area (Å²) in [6, 6.07) is -0.776. The first-order valence-corrected chi connectivity index (χ1v) is 3.84. The van der Waals surface area contributed by atoms with Gasteiger partial charge < -0.3 is 19.7 Å². The number of aliphatic hydroxyl groups excluding tert-OH is 2. The number of nitrogens with two attached hydrogens (primary N) is 1. The molecule has 1 saturated heterocycles. The van der Waals surface area contributed by atoms with E-state index in [9.17, 15) is 5.11 Å². The van der Waals surface area contributed by atoms with Gasteiger partial charge in [-0.05, 0) is 0 Å². The van der Waals surface area contributed by atoms with Crippen molar-refractivity contribution in [1.29, 1.82) is 0 Å². The Hall–Kier alpha value is -0.175. The molecule has 2 radical (unpaired) electrons. The summed E-state index contributed by atoms with van der Waals surface area (Å²) in [7, 11) is 5.46. The molecule has 4 atom stereocenters. The monoisotopic (exact) mass is 189 g/mol. The van der Waals surface area contributed by atoms with Crippen LogP contribution in [-0.4, -0.2) is 55.8 Å². The lowest BCUT2D eigenvalue weighted by molar-refractivity contribution is -0.119. The predicted octanol–water partition coefficient (Wildman–Crippen LogP) is -2.53. The van der Waals surface area contributed by atoms with E-state index in [1.807, 2.05) is 0 Å². The first kappa shape index (κ1) is 10.9. The first-order chi connectivity index (χ1) is 6.20. The fourth-order valence-electron chi connectivity index (χ4n) is 1.23. The highest BCUT2D eigenvalue weighted by molar-refractivity contribution is 6.11. The van der Waals surface area contributed by atoms with Gasteiger partial charge in [-0.3, -0.25) is 4.84 Å². The third-order valence-corrected chi connectivity index (χ3v) is 1.88. The van der Waals surface area contributed by atoms with Gasteiger partial charge in [0, 0.05) is 6.00 Å². The number of aliphatic hydroxyl groups is 2. The zero-order valence-electron chi connectivity index (χ0n) is 7.00. The summed E-state index contributed by atoms with van der Waals surface area (Å²) in [4.78, 5) is 4.16. The average Bonchev–Trinajstić information content (AvgIpc) is 2.39. The van der Waals surface area contributed by atoms with E-state index in [0.717, 1.165) is 0 Å². The maximum absolute atomic E-state index is 9.46. The largest absolute Gasteiger partial charge is 0.394 e.